The molecule has 4 amide bonds. The molecular formula is C20H20FN3O4. The summed E-state index contributed by atoms with van der Waals surface area (Å²) in [7, 11) is 0. The first-order chi connectivity index (χ1) is 13.5. The van der Waals surface area contributed by atoms with Gasteiger partial charge in [-0.25, -0.2) is 9.18 Å². The molecule has 1 fully saturated rings. The monoisotopic (exact) mass is 385 g/mol. The minimum atomic E-state index is -0.463. The Morgan fingerprint density at radius 2 is 1.93 bits per heavy atom. The van der Waals surface area contributed by atoms with Crippen molar-refractivity contribution in [1.29, 1.82) is 0 Å². The number of imide groups is 1. The molecular weight excluding hydrogens is 365 g/mol. The predicted octanol–water partition coefficient (Wildman–Crippen LogP) is 2.57. The van der Waals surface area contributed by atoms with Crippen molar-refractivity contribution in [2.45, 2.75) is 19.4 Å². The first-order valence-corrected chi connectivity index (χ1v) is 8.87. The van der Waals surface area contributed by atoms with E-state index in [1.807, 2.05) is 6.07 Å². The van der Waals surface area contributed by atoms with Gasteiger partial charge in [0.25, 0.3) is 0 Å². The lowest BCUT2D eigenvalue weighted by Gasteiger charge is -2.26. The Morgan fingerprint density at radius 1 is 1.14 bits per heavy atom. The van der Waals surface area contributed by atoms with Gasteiger partial charge in [-0.15, -0.1) is 0 Å². The second-order valence-electron chi connectivity index (χ2n) is 6.32. The third-order valence-corrected chi connectivity index (χ3v) is 4.19. The van der Waals surface area contributed by atoms with Gasteiger partial charge in [0.2, 0.25) is 11.8 Å². The largest absolute Gasteiger partial charge is 0.457 e. The standard InChI is InChI=1S/C20H20FN3O4/c21-15-4-6-16(7-5-15)28-17-3-1-2-14(12-17)13-22-18(25)8-10-24-11-9-19(26)23-20(24)27/h1-7,12H,8-11,13H2,(H,22,25)(H,23,26,27). The lowest BCUT2D eigenvalue weighted by Crippen LogP contribution is -2.50. The van der Waals surface area contributed by atoms with E-state index in [1.54, 1.807) is 18.2 Å². The van der Waals surface area contributed by atoms with Crippen molar-refractivity contribution in [3.63, 3.8) is 0 Å². The molecule has 1 heterocycles. The van der Waals surface area contributed by atoms with E-state index in [2.05, 4.69) is 10.6 Å². The summed E-state index contributed by atoms with van der Waals surface area (Å²) in [6.07, 6.45) is 0.390. The summed E-state index contributed by atoms with van der Waals surface area (Å²) in [5.74, 6) is 0.259. The van der Waals surface area contributed by atoms with Crippen LogP contribution in [0.25, 0.3) is 0 Å². The summed E-state index contributed by atoms with van der Waals surface area (Å²) in [5.41, 5.74) is 0.842. The molecule has 0 atom stereocenters. The Bertz CT molecular complexity index is 870. The van der Waals surface area contributed by atoms with Gasteiger partial charge in [-0.3, -0.25) is 14.9 Å². The fourth-order valence-electron chi connectivity index (χ4n) is 2.70. The number of rotatable bonds is 7. The molecule has 0 radical (unpaired) electrons. The number of ether oxygens (including phenoxy) is 1. The molecule has 0 bridgehead atoms. The molecule has 0 saturated carbocycles. The third-order valence-electron chi connectivity index (χ3n) is 4.19. The van der Waals surface area contributed by atoms with E-state index >= 15 is 0 Å². The van der Waals surface area contributed by atoms with Gasteiger partial charge in [-0.2, -0.15) is 0 Å². The Hall–Kier alpha value is -3.42. The maximum Gasteiger partial charge on any atom is 0.324 e. The van der Waals surface area contributed by atoms with E-state index in [4.69, 9.17) is 4.74 Å². The molecule has 0 spiro atoms. The number of urea groups is 1. The molecule has 0 aliphatic carbocycles. The van der Waals surface area contributed by atoms with Crippen LogP contribution >= 0.6 is 0 Å². The molecule has 2 aromatic carbocycles. The fourth-order valence-corrected chi connectivity index (χ4v) is 2.70. The molecule has 7 nitrogen and oxygen atoms in total. The highest BCUT2D eigenvalue weighted by molar-refractivity contribution is 5.96. The van der Waals surface area contributed by atoms with E-state index in [-0.39, 0.29) is 37.0 Å². The molecule has 2 aromatic rings. The number of amides is 4. The summed E-state index contributed by atoms with van der Waals surface area (Å²) in [6.45, 7) is 0.878. The van der Waals surface area contributed by atoms with E-state index in [9.17, 15) is 18.8 Å². The highest BCUT2D eigenvalue weighted by Gasteiger charge is 2.22. The van der Waals surface area contributed by atoms with E-state index in [1.165, 1.54) is 29.2 Å². The van der Waals surface area contributed by atoms with Crippen LogP contribution in [0.15, 0.2) is 48.5 Å². The van der Waals surface area contributed by atoms with E-state index in [0.717, 1.165) is 5.56 Å². The second kappa shape index (κ2) is 8.98. The highest BCUT2D eigenvalue weighted by atomic mass is 19.1. The van der Waals surface area contributed by atoms with Crippen LogP contribution in [0.5, 0.6) is 11.5 Å². The van der Waals surface area contributed by atoms with Gasteiger partial charge in [0, 0.05) is 32.5 Å². The van der Waals surface area contributed by atoms with Gasteiger partial charge in [-0.1, -0.05) is 12.1 Å². The van der Waals surface area contributed by atoms with Crippen molar-refractivity contribution in [2.24, 2.45) is 0 Å². The lowest BCUT2D eigenvalue weighted by atomic mass is 10.2. The molecule has 0 aromatic heterocycles. The van der Waals surface area contributed by atoms with Crippen LogP contribution in [0.1, 0.15) is 18.4 Å². The Kier molecular flexibility index (Phi) is 6.21. The van der Waals surface area contributed by atoms with Gasteiger partial charge < -0.3 is 15.0 Å². The number of hydrogen-bond acceptors (Lipinski definition) is 4. The first kappa shape index (κ1) is 19.3. The van der Waals surface area contributed by atoms with Gasteiger partial charge in [-0.05, 0) is 42.0 Å². The number of benzene rings is 2. The number of nitrogens with one attached hydrogen (secondary N) is 2. The molecule has 3 rings (SSSR count). The lowest BCUT2D eigenvalue weighted by molar-refractivity contribution is -0.121. The van der Waals surface area contributed by atoms with Crippen LogP contribution in [0.3, 0.4) is 0 Å². The fraction of sp³-hybridized carbons (Fsp3) is 0.250. The predicted molar refractivity (Wildman–Crippen MR) is 99.1 cm³/mol. The zero-order valence-corrected chi connectivity index (χ0v) is 15.1. The van der Waals surface area contributed by atoms with E-state index < -0.39 is 6.03 Å². The zero-order valence-electron chi connectivity index (χ0n) is 15.1. The Morgan fingerprint density at radius 3 is 2.68 bits per heavy atom. The first-order valence-electron chi connectivity index (χ1n) is 8.87. The number of hydrogen-bond donors (Lipinski definition) is 2. The van der Waals surface area contributed by atoms with Gasteiger partial charge in [0.15, 0.2) is 0 Å². The number of nitrogens with zero attached hydrogens (tertiary/aromatic N) is 1. The van der Waals surface area contributed by atoms with Crippen molar-refractivity contribution in [3.8, 4) is 11.5 Å². The molecule has 1 saturated heterocycles. The normalized spacial score (nSPS) is 13.8. The SMILES string of the molecule is O=C(CCN1CCC(=O)NC1=O)NCc1cccc(Oc2ccc(F)cc2)c1. The zero-order chi connectivity index (χ0) is 19.9. The Labute approximate surface area is 161 Å². The quantitative estimate of drug-likeness (QED) is 0.767. The third kappa shape index (κ3) is 5.54. The smallest absolute Gasteiger partial charge is 0.324 e. The summed E-state index contributed by atoms with van der Waals surface area (Å²) >= 11 is 0. The molecule has 1 aliphatic heterocycles. The van der Waals surface area contributed by atoms with Crippen molar-refractivity contribution in [2.75, 3.05) is 13.1 Å². The average Bonchev–Trinajstić information content (AvgIpc) is 2.68. The van der Waals surface area contributed by atoms with Gasteiger partial charge in [0.05, 0.1) is 0 Å². The maximum atomic E-state index is 13.0. The maximum absolute atomic E-state index is 13.0. The van der Waals surface area contributed by atoms with Gasteiger partial charge in [0.1, 0.15) is 17.3 Å². The van der Waals surface area contributed by atoms with Crippen LogP contribution < -0.4 is 15.4 Å². The van der Waals surface area contributed by atoms with Crippen LogP contribution in [-0.4, -0.2) is 35.8 Å². The van der Waals surface area contributed by atoms with Gasteiger partial charge >= 0.3 is 6.03 Å². The van der Waals surface area contributed by atoms with Crippen molar-refractivity contribution >= 4 is 17.8 Å². The molecule has 1 aliphatic rings. The topological polar surface area (TPSA) is 87.7 Å². The van der Waals surface area contributed by atoms with Crippen molar-refractivity contribution < 1.29 is 23.5 Å². The van der Waals surface area contributed by atoms with Crippen LogP contribution in [0, 0.1) is 5.82 Å². The molecule has 0 unspecified atom stereocenters. The summed E-state index contributed by atoms with van der Waals surface area (Å²) < 4.78 is 18.6. The molecule has 2 N–H and O–H groups in total. The number of halogens is 1. The molecule has 146 valence electrons. The molecule has 8 heteroatoms. The Balaban J connectivity index is 1.46. The summed E-state index contributed by atoms with van der Waals surface area (Å²) in [4.78, 5) is 36.2. The highest BCUT2D eigenvalue weighted by Crippen LogP contribution is 2.22. The summed E-state index contributed by atoms with van der Waals surface area (Å²) in [6, 6.07) is 12.4. The second-order valence-corrected chi connectivity index (χ2v) is 6.32. The van der Waals surface area contributed by atoms with Crippen molar-refractivity contribution in [3.05, 3.63) is 59.9 Å². The van der Waals surface area contributed by atoms with E-state index in [0.29, 0.717) is 24.6 Å². The minimum Gasteiger partial charge on any atom is -0.457 e. The molecule has 28 heavy (non-hydrogen) atoms. The number of carbonyl (C=O) groups excluding carboxylic acids is 3. The number of carbonyl (C=O) groups is 3. The average molecular weight is 385 g/mol. The van der Waals surface area contributed by atoms with Crippen molar-refractivity contribution in [1.82, 2.24) is 15.5 Å². The van der Waals surface area contributed by atoms with Crippen LogP contribution in [0.2, 0.25) is 0 Å². The van der Waals surface area contributed by atoms with Crippen LogP contribution in [-0.2, 0) is 16.1 Å². The summed E-state index contributed by atoms with van der Waals surface area (Å²) in [5, 5.41) is 5.01. The minimum absolute atomic E-state index is 0.146. The van der Waals surface area contributed by atoms with Crippen LogP contribution in [0.4, 0.5) is 9.18 Å².